The van der Waals surface area contributed by atoms with Crippen LogP contribution in [0, 0.1) is 11.3 Å². The highest BCUT2D eigenvalue weighted by Crippen LogP contribution is 2.39. The number of nitrogens with zero attached hydrogens (tertiary/aromatic N) is 1. The fourth-order valence-corrected chi connectivity index (χ4v) is 3.36. The van der Waals surface area contributed by atoms with E-state index < -0.39 is 0 Å². The summed E-state index contributed by atoms with van der Waals surface area (Å²) >= 11 is 0. The first-order chi connectivity index (χ1) is 8.08. The lowest BCUT2D eigenvalue weighted by atomic mass is 9.82. The van der Waals surface area contributed by atoms with E-state index in [0.29, 0.717) is 5.91 Å². The van der Waals surface area contributed by atoms with Gasteiger partial charge in [0, 0.05) is 19.1 Å². The van der Waals surface area contributed by atoms with E-state index in [9.17, 15) is 4.79 Å². The van der Waals surface area contributed by atoms with E-state index in [1.54, 1.807) is 0 Å². The number of carbonyl (C=O) groups excluding carboxylic acids is 1. The van der Waals surface area contributed by atoms with Crippen LogP contribution in [-0.2, 0) is 4.79 Å². The molecule has 0 spiro atoms. The summed E-state index contributed by atoms with van der Waals surface area (Å²) in [7, 11) is 0. The van der Waals surface area contributed by atoms with Gasteiger partial charge in [0.1, 0.15) is 0 Å². The molecular weight excluding hydrogens is 212 g/mol. The Balaban J connectivity index is 1.97. The lowest BCUT2D eigenvalue weighted by Gasteiger charge is -2.38. The molecule has 3 heteroatoms. The number of hydrogen-bond donors (Lipinski definition) is 1. The Labute approximate surface area is 105 Å². The number of nitrogens with two attached hydrogens (primary N) is 1. The van der Waals surface area contributed by atoms with Crippen LogP contribution in [0.1, 0.15) is 52.4 Å². The molecule has 2 aliphatic rings. The third-order valence-electron chi connectivity index (χ3n) is 5.00. The van der Waals surface area contributed by atoms with Crippen molar-refractivity contribution in [3.8, 4) is 0 Å². The number of hydrogen-bond acceptors (Lipinski definition) is 2. The summed E-state index contributed by atoms with van der Waals surface area (Å²) in [5, 5.41) is 0. The first-order valence-corrected chi connectivity index (χ1v) is 7.13. The van der Waals surface area contributed by atoms with Gasteiger partial charge in [-0.25, -0.2) is 0 Å². The summed E-state index contributed by atoms with van der Waals surface area (Å²) in [4.78, 5) is 14.6. The monoisotopic (exact) mass is 238 g/mol. The Morgan fingerprint density at radius 1 is 1.35 bits per heavy atom. The van der Waals surface area contributed by atoms with Crippen LogP contribution in [0.2, 0.25) is 0 Å². The van der Waals surface area contributed by atoms with Gasteiger partial charge in [0.25, 0.3) is 0 Å². The Morgan fingerprint density at radius 2 is 2.00 bits per heavy atom. The van der Waals surface area contributed by atoms with Gasteiger partial charge < -0.3 is 10.6 Å². The minimum absolute atomic E-state index is 0.0684. The highest BCUT2D eigenvalue weighted by molar-refractivity contribution is 5.83. The fourth-order valence-electron chi connectivity index (χ4n) is 3.36. The van der Waals surface area contributed by atoms with Crippen molar-refractivity contribution in [1.29, 1.82) is 0 Å². The second-order valence-corrected chi connectivity index (χ2v) is 6.06. The van der Waals surface area contributed by atoms with Gasteiger partial charge in [-0.15, -0.1) is 0 Å². The van der Waals surface area contributed by atoms with Gasteiger partial charge in [-0.05, 0) is 38.5 Å². The van der Waals surface area contributed by atoms with E-state index in [4.69, 9.17) is 5.73 Å². The number of amides is 1. The van der Waals surface area contributed by atoms with E-state index in [1.165, 1.54) is 19.3 Å². The van der Waals surface area contributed by atoms with Gasteiger partial charge in [0.05, 0.1) is 5.41 Å². The first-order valence-electron chi connectivity index (χ1n) is 7.13. The summed E-state index contributed by atoms with van der Waals surface area (Å²) in [5.74, 6) is 1.14. The van der Waals surface area contributed by atoms with Crippen LogP contribution in [0.3, 0.4) is 0 Å². The average molecular weight is 238 g/mol. The van der Waals surface area contributed by atoms with Crippen LogP contribution in [-0.4, -0.2) is 29.9 Å². The Hall–Kier alpha value is -0.570. The summed E-state index contributed by atoms with van der Waals surface area (Å²) in [6.07, 6.45) is 6.68. The van der Waals surface area contributed by atoms with Gasteiger partial charge in [-0.3, -0.25) is 4.79 Å². The molecule has 0 bridgehead atoms. The molecule has 1 saturated heterocycles. The van der Waals surface area contributed by atoms with Crippen LogP contribution in [0.5, 0.6) is 0 Å². The molecule has 3 nitrogen and oxygen atoms in total. The van der Waals surface area contributed by atoms with Crippen LogP contribution in [0.15, 0.2) is 0 Å². The van der Waals surface area contributed by atoms with Crippen LogP contribution >= 0.6 is 0 Å². The highest BCUT2D eigenvalue weighted by Gasteiger charge is 2.45. The van der Waals surface area contributed by atoms with E-state index >= 15 is 0 Å². The van der Waals surface area contributed by atoms with Crippen molar-refractivity contribution in [2.75, 3.05) is 13.1 Å². The van der Waals surface area contributed by atoms with Gasteiger partial charge in [-0.2, -0.15) is 0 Å². The molecule has 1 aliphatic carbocycles. The summed E-state index contributed by atoms with van der Waals surface area (Å²) in [5.41, 5.74) is 5.85. The SMILES string of the molecule is CCC1CCN(C(=O)C2(C)CCCC2N)CC1. The van der Waals surface area contributed by atoms with E-state index in [-0.39, 0.29) is 11.5 Å². The molecule has 2 rings (SSSR count). The molecule has 0 aromatic rings. The van der Waals surface area contributed by atoms with Crippen molar-refractivity contribution in [1.82, 2.24) is 4.90 Å². The number of rotatable bonds is 2. The zero-order valence-corrected chi connectivity index (χ0v) is 11.2. The molecule has 17 heavy (non-hydrogen) atoms. The predicted octanol–water partition coefficient (Wildman–Crippen LogP) is 2.15. The maximum absolute atomic E-state index is 12.6. The molecule has 1 amide bonds. The molecule has 2 fully saturated rings. The van der Waals surface area contributed by atoms with Crippen molar-refractivity contribution in [3.63, 3.8) is 0 Å². The molecule has 98 valence electrons. The van der Waals surface area contributed by atoms with E-state index in [1.807, 2.05) is 0 Å². The molecule has 2 N–H and O–H groups in total. The van der Waals surface area contributed by atoms with E-state index in [0.717, 1.165) is 38.3 Å². The van der Waals surface area contributed by atoms with Crippen molar-refractivity contribution in [3.05, 3.63) is 0 Å². The molecule has 0 aromatic carbocycles. The topological polar surface area (TPSA) is 46.3 Å². The molecule has 2 atom stereocenters. The molecule has 1 saturated carbocycles. The summed E-state index contributed by atoms with van der Waals surface area (Å²) in [6, 6.07) is 0.0684. The van der Waals surface area contributed by atoms with Gasteiger partial charge in [0.15, 0.2) is 0 Å². The molecule has 1 aliphatic heterocycles. The number of piperidine rings is 1. The third-order valence-corrected chi connectivity index (χ3v) is 5.00. The minimum Gasteiger partial charge on any atom is -0.342 e. The molecular formula is C14H26N2O. The first kappa shape index (κ1) is 12.9. The second kappa shape index (κ2) is 4.97. The normalized spacial score (nSPS) is 35.2. The molecule has 1 heterocycles. The Morgan fingerprint density at radius 3 is 2.47 bits per heavy atom. The molecule has 2 unspecified atom stereocenters. The molecule has 0 radical (unpaired) electrons. The minimum atomic E-state index is -0.279. The third kappa shape index (κ3) is 2.35. The Kier molecular flexibility index (Phi) is 3.76. The van der Waals surface area contributed by atoms with Crippen molar-refractivity contribution >= 4 is 5.91 Å². The summed E-state index contributed by atoms with van der Waals surface area (Å²) in [6.45, 7) is 6.20. The lowest BCUT2D eigenvalue weighted by molar-refractivity contribution is -0.143. The second-order valence-electron chi connectivity index (χ2n) is 6.06. The zero-order valence-electron chi connectivity index (χ0n) is 11.2. The van der Waals surface area contributed by atoms with Crippen LogP contribution in [0.4, 0.5) is 0 Å². The summed E-state index contributed by atoms with van der Waals surface area (Å²) < 4.78 is 0. The van der Waals surface area contributed by atoms with E-state index in [2.05, 4.69) is 18.7 Å². The van der Waals surface area contributed by atoms with Gasteiger partial charge >= 0.3 is 0 Å². The van der Waals surface area contributed by atoms with Crippen LogP contribution in [0.25, 0.3) is 0 Å². The van der Waals surface area contributed by atoms with Crippen molar-refractivity contribution in [2.24, 2.45) is 17.1 Å². The maximum Gasteiger partial charge on any atom is 0.230 e. The lowest BCUT2D eigenvalue weighted by Crippen LogP contribution is -2.51. The standard InChI is InChI=1S/C14H26N2O/c1-3-11-6-9-16(10-7-11)13(17)14(2)8-4-5-12(14)15/h11-12H,3-10,15H2,1-2H3. The van der Waals surface area contributed by atoms with Crippen molar-refractivity contribution in [2.45, 2.75) is 58.4 Å². The van der Waals surface area contributed by atoms with Gasteiger partial charge in [-0.1, -0.05) is 19.8 Å². The smallest absolute Gasteiger partial charge is 0.230 e. The zero-order chi connectivity index (χ0) is 12.5. The number of likely N-dealkylation sites (tertiary alicyclic amines) is 1. The van der Waals surface area contributed by atoms with Crippen molar-refractivity contribution < 1.29 is 4.79 Å². The number of carbonyl (C=O) groups is 1. The molecule has 0 aromatic heterocycles. The highest BCUT2D eigenvalue weighted by atomic mass is 16.2. The largest absolute Gasteiger partial charge is 0.342 e. The maximum atomic E-state index is 12.6. The predicted molar refractivity (Wildman–Crippen MR) is 69.5 cm³/mol. The van der Waals surface area contributed by atoms with Gasteiger partial charge in [0.2, 0.25) is 5.91 Å². The average Bonchev–Trinajstić information content (AvgIpc) is 2.70. The fraction of sp³-hybridized carbons (Fsp3) is 0.929. The Bertz CT molecular complexity index is 284. The van der Waals surface area contributed by atoms with Crippen LogP contribution < -0.4 is 5.73 Å². The quantitative estimate of drug-likeness (QED) is 0.801.